The highest BCUT2D eigenvalue weighted by atomic mass is 127. The SMILES string of the molecule is CCCCN(C)C(=NCCc1nc(C)no1)NCC.I. The smallest absolute Gasteiger partial charge is 0.228 e. The molecule has 0 aliphatic carbocycles. The number of guanidine groups is 1. The van der Waals surface area contributed by atoms with E-state index in [4.69, 9.17) is 4.52 Å². The van der Waals surface area contributed by atoms with Crippen LogP contribution in [0.4, 0.5) is 0 Å². The van der Waals surface area contributed by atoms with Crippen LogP contribution in [0.3, 0.4) is 0 Å². The molecule has 0 atom stereocenters. The van der Waals surface area contributed by atoms with E-state index in [1.807, 2.05) is 6.92 Å². The number of halogens is 1. The fourth-order valence-corrected chi connectivity index (χ4v) is 1.67. The number of aryl methyl sites for hydroxylation is 1. The molecule has 0 aliphatic rings. The maximum absolute atomic E-state index is 5.07. The van der Waals surface area contributed by atoms with E-state index in [0.717, 1.165) is 19.0 Å². The van der Waals surface area contributed by atoms with Gasteiger partial charge in [0.25, 0.3) is 0 Å². The number of aliphatic imine (C=N–C) groups is 1. The Balaban J connectivity index is 0.00000361. The Morgan fingerprint density at radius 1 is 1.40 bits per heavy atom. The van der Waals surface area contributed by atoms with Crippen LogP contribution in [-0.4, -0.2) is 47.7 Å². The molecule has 6 nitrogen and oxygen atoms in total. The molecule has 0 amide bonds. The van der Waals surface area contributed by atoms with Gasteiger partial charge < -0.3 is 14.7 Å². The molecule has 20 heavy (non-hydrogen) atoms. The lowest BCUT2D eigenvalue weighted by Gasteiger charge is -2.21. The summed E-state index contributed by atoms with van der Waals surface area (Å²) >= 11 is 0. The van der Waals surface area contributed by atoms with E-state index in [-0.39, 0.29) is 24.0 Å². The molecule has 0 aromatic carbocycles. The Morgan fingerprint density at radius 3 is 2.70 bits per heavy atom. The number of rotatable bonds is 7. The van der Waals surface area contributed by atoms with Crippen LogP contribution in [0.1, 0.15) is 38.4 Å². The van der Waals surface area contributed by atoms with Crippen molar-refractivity contribution in [3.8, 4) is 0 Å². The molecule has 0 unspecified atom stereocenters. The zero-order chi connectivity index (χ0) is 14.1. The van der Waals surface area contributed by atoms with Gasteiger partial charge in [-0.05, 0) is 20.3 Å². The normalized spacial score (nSPS) is 11.1. The molecular formula is C13H26IN5O. The molecule has 0 fully saturated rings. The van der Waals surface area contributed by atoms with Crippen LogP contribution < -0.4 is 5.32 Å². The molecule has 0 aliphatic heterocycles. The molecule has 1 N–H and O–H groups in total. The van der Waals surface area contributed by atoms with Crippen LogP contribution in [0.5, 0.6) is 0 Å². The lowest BCUT2D eigenvalue weighted by molar-refractivity contribution is 0.375. The molecule has 7 heteroatoms. The fourth-order valence-electron chi connectivity index (χ4n) is 1.67. The first-order valence-corrected chi connectivity index (χ1v) is 6.96. The predicted octanol–water partition coefficient (Wildman–Crippen LogP) is 2.24. The van der Waals surface area contributed by atoms with Gasteiger partial charge in [-0.2, -0.15) is 4.98 Å². The van der Waals surface area contributed by atoms with Gasteiger partial charge in [0.2, 0.25) is 5.89 Å². The third-order valence-electron chi connectivity index (χ3n) is 2.70. The number of hydrogen-bond donors (Lipinski definition) is 1. The molecule has 1 rings (SSSR count). The van der Waals surface area contributed by atoms with Gasteiger partial charge >= 0.3 is 0 Å². The minimum absolute atomic E-state index is 0. The summed E-state index contributed by atoms with van der Waals surface area (Å²) < 4.78 is 5.07. The molecule has 116 valence electrons. The summed E-state index contributed by atoms with van der Waals surface area (Å²) in [5.41, 5.74) is 0. The van der Waals surface area contributed by atoms with Crippen molar-refractivity contribution in [3.05, 3.63) is 11.7 Å². The molecule has 0 bridgehead atoms. The second kappa shape index (κ2) is 10.9. The van der Waals surface area contributed by atoms with Gasteiger partial charge in [0.1, 0.15) is 0 Å². The van der Waals surface area contributed by atoms with E-state index in [2.05, 4.69) is 46.2 Å². The second-order valence-corrected chi connectivity index (χ2v) is 4.50. The van der Waals surface area contributed by atoms with Crippen LogP contribution in [0.2, 0.25) is 0 Å². The van der Waals surface area contributed by atoms with Crippen molar-refractivity contribution >= 4 is 29.9 Å². The summed E-state index contributed by atoms with van der Waals surface area (Å²) in [5.74, 6) is 2.26. The van der Waals surface area contributed by atoms with Gasteiger partial charge in [-0.1, -0.05) is 18.5 Å². The van der Waals surface area contributed by atoms with Crippen molar-refractivity contribution in [2.75, 3.05) is 26.7 Å². The molecule has 1 heterocycles. The summed E-state index contributed by atoms with van der Waals surface area (Å²) in [6.07, 6.45) is 3.03. The van der Waals surface area contributed by atoms with Crippen molar-refractivity contribution in [2.45, 2.75) is 40.0 Å². The van der Waals surface area contributed by atoms with E-state index in [0.29, 0.717) is 24.7 Å². The van der Waals surface area contributed by atoms with Crippen molar-refractivity contribution in [2.24, 2.45) is 4.99 Å². The predicted molar refractivity (Wildman–Crippen MR) is 91.7 cm³/mol. The van der Waals surface area contributed by atoms with Gasteiger partial charge in [0.15, 0.2) is 11.8 Å². The average molecular weight is 395 g/mol. The van der Waals surface area contributed by atoms with Crippen molar-refractivity contribution < 1.29 is 4.52 Å². The van der Waals surface area contributed by atoms with E-state index in [9.17, 15) is 0 Å². The van der Waals surface area contributed by atoms with Crippen LogP contribution in [0.25, 0.3) is 0 Å². The summed E-state index contributed by atoms with van der Waals surface area (Å²) in [6.45, 7) is 8.62. The first-order chi connectivity index (χ1) is 9.17. The fraction of sp³-hybridized carbons (Fsp3) is 0.769. The van der Waals surface area contributed by atoms with E-state index >= 15 is 0 Å². The number of nitrogens with one attached hydrogen (secondary N) is 1. The molecule has 0 saturated heterocycles. The zero-order valence-electron chi connectivity index (χ0n) is 12.8. The Labute approximate surface area is 138 Å². The minimum atomic E-state index is 0. The van der Waals surface area contributed by atoms with Gasteiger partial charge in [-0.15, -0.1) is 24.0 Å². The molecule has 0 radical (unpaired) electrons. The van der Waals surface area contributed by atoms with Crippen molar-refractivity contribution in [3.63, 3.8) is 0 Å². The lowest BCUT2D eigenvalue weighted by Crippen LogP contribution is -2.39. The molecule has 0 saturated carbocycles. The molecule has 1 aromatic heterocycles. The highest BCUT2D eigenvalue weighted by molar-refractivity contribution is 14.0. The number of unbranched alkanes of at least 4 members (excludes halogenated alkanes) is 1. The van der Waals surface area contributed by atoms with Crippen LogP contribution in [0.15, 0.2) is 9.52 Å². The van der Waals surface area contributed by atoms with Gasteiger partial charge in [0.05, 0.1) is 6.54 Å². The summed E-state index contributed by atoms with van der Waals surface area (Å²) in [7, 11) is 2.06. The number of nitrogens with zero attached hydrogens (tertiary/aromatic N) is 4. The van der Waals surface area contributed by atoms with Gasteiger partial charge in [0, 0.05) is 26.6 Å². The summed E-state index contributed by atoms with van der Waals surface area (Å²) in [4.78, 5) is 10.9. The van der Waals surface area contributed by atoms with E-state index in [1.165, 1.54) is 12.8 Å². The Kier molecular flexibility index (Phi) is 10.4. The van der Waals surface area contributed by atoms with E-state index in [1.54, 1.807) is 0 Å². The second-order valence-electron chi connectivity index (χ2n) is 4.50. The highest BCUT2D eigenvalue weighted by Gasteiger charge is 2.06. The Hall–Kier alpha value is -0.860. The van der Waals surface area contributed by atoms with Crippen LogP contribution in [-0.2, 0) is 6.42 Å². The third kappa shape index (κ3) is 7.06. The average Bonchev–Trinajstić information content (AvgIpc) is 2.80. The highest BCUT2D eigenvalue weighted by Crippen LogP contribution is 1.98. The quantitative estimate of drug-likeness (QED) is 0.436. The Morgan fingerprint density at radius 2 is 2.15 bits per heavy atom. The first kappa shape index (κ1) is 19.1. The first-order valence-electron chi connectivity index (χ1n) is 6.96. The topological polar surface area (TPSA) is 66.5 Å². The monoisotopic (exact) mass is 395 g/mol. The Bertz CT molecular complexity index is 394. The van der Waals surface area contributed by atoms with Crippen LogP contribution in [0, 0.1) is 6.92 Å². The summed E-state index contributed by atoms with van der Waals surface area (Å²) in [5, 5.41) is 7.06. The maximum Gasteiger partial charge on any atom is 0.228 e. The molecule has 1 aromatic rings. The standard InChI is InChI=1S/C13H25N5O.HI/c1-5-7-10-18(4)13(14-6-2)15-9-8-12-16-11(3)17-19-12;/h5-10H2,1-4H3,(H,14,15);1H. The van der Waals surface area contributed by atoms with Gasteiger partial charge in [-0.25, -0.2) is 0 Å². The van der Waals surface area contributed by atoms with Crippen molar-refractivity contribution in [1.82, 2.24) is 20.4 Å². The molecule has 0 spiro atoms. The number of hydrogen-bond acceptors (Lipinski definition) is 4. The molecular weight excluding hydrogens is 369 g/mol. The zero-order valence-corrected chi connectivity index (χ0v) is 15.2. The minimum Gasteiger partial charge on any atom is -0.357 e. The van der Waals surface area contributed by atoms with Gasteiger partial charge in [-0.3, -0.25) is 4.99 Å². The maximum atomic E-state index is 5.07. The van der Waals surface area contributed by atoms with E-state index < -0.39 is 0 Å². The lowest BCUT2D eigenvalue weighted by atomic mass is 10.3. The number of aromatic nitrogens is 2. The third-order valence-corrected chi connectivity index (χ3v) is 2.70. The van der Waals surface area contributed by atoms with Crippen LogP contribution >= 0.6 is 24.0 Å². The largest absolute Gasteiger partial charge is 0.357 e. The summed E-state index contributed by atoms with van der Waals surface area (Å²) in [6, 6.07) is 0. The van der Waals surface area contributed by atoms with Crippen molar-refractivity contribution in [1.29, 1.82) is 0 Å².